The molecule has 1 aromatic rings. The molecule has 5 nitrogen and oxygen atoms in total. The third-order valence-electron chi connectivity index (χ3n) is 2.98. The molecule has 0 aliphatic carbocycles. The second-order valence-corrected chi connectivity index (χ2v) is 5.45. The van der Waals surface area contributed by atoms with Crippen molar-refractivity contribution in [1.29, 1.82) is 0 Å². The first-order valence-corrected chi connectivity index (χ1v) is 7.85. The molecule has 0 radical (unpaired) electrons. The van der Waals surface area contributed by atoms with Gasteiger partial charge in [-0.15, -0.1) is 5.10 Å². The van der Waals surface area contributed by atoms with Crippen LogP contribution in [-0.2, 0) is 13.1 Å². The predicted octanol–water partition coefficient (Wildman–Crippen LogP) is 1.07. The van der Waals surface area contributed by atoms with Crippen molar-refractivity contribution in [3.05, 3.63) is 11.9 Å². The predicted molar refractivity (Wildman–Crippen MR) is 77.9 cm³/mol. The van der Waals surface area contributed by atoms with Crippen molar-refractivity contribution in [3.8, 4) is 0 Å². The Hall–Kier alpha value is -0.590. The highest BCUT2D eigenvalue weighted by molar-refractivity contribution is 7.98. The number of rotatable bonds is 9. The van der Waals surface area contributed by atoms with Gasteiger partial charge in [-0.2, -0.15) is 11.8 Å². The maximum Gasteiger partial charge on any atom is 0.0964 e. The fourth-order valence-electron chi connectivity index (χ4n) is 1.63. The SMILES string of the molecule is CCNCc1cn(CCN(C)C(C)CSC)nn1. The van der Waals surface area contributed by atoms with E-state index < -0.39 is 0 Å². The molecule has 104 valence electrons. The Balaban J connectivity index is 2.32. The molecule has 0 amide bonds. The van der Waals surface area contributed by atoms with Crippen LogP contribution < -0.4 is 5.32 Å². The van der Waals surface area contributed by atoms with E-state index in [0.29, 0.717) is 6.04 Å². The quantitative estimate of drug-likeness (QED) is 0.728. The Bertz CT molecular complexity index is 328. The first kappa shape index (κ1) is 15.5. The minimum Gasteiger partial charge on any atom is -0.311 e. The van der Waals surface area contributed by atoms with Gasteiger partial charge in [-0.05, 0) is 26.8 Å². The van der Waals surface area contributed by atoms with Crippen LogP contribution in [0.1, 0.15) is 19.5 Å². The van der Waals surface area contributed by atoms with Gasteiger partial charge in [0.25, 0.3) is 0 Å². The lowest BCUT2D eigenvalue weighted by Gasteiger charge is -2.23. The first-order chi connectivity index (χ1) is 8.67. The van der Waals surface area contributed by atoms with Crippen LogP contribution in [0.5, 0.6) is 0 Å². The topological polar surface area (TPSA) is 46.0 Å². The van der Waals surface area contributed by atoms with E-state index in [-0.39, 0.29) is 0 Å². The van der Waals surface area contributed by atoms with Crippen LogP contribution in [0, 0.1) is 0 Å². The minimum absolute atomic E-state index is 0.602. The van der Waals surface area contributed by atoms with Gasteiger partial charge in [0.2, 0.25) is 0 Å². The number of aromatic nitrogens is 3. The van der Waals surface area contributed by atoms with Crippen LogP contribution in [-0.4, -0.2) is 58.1 Å². The first-order valence-electron chi connectivity index (χ1n) is 6.46. The summed E-state index contributed by atoms with van der Waals surface area (Å²) in [6, 6.07) is 0.602. The maximum absolute atomic E-state index is 4.14. The van der Waals surface area contributed by atoms with Crippen LogP contribution >= 0.6 is 11.8 Å². The van der Waals surface area contributed by atoms with E-state index in [1.54, 1.807) is 0 Å². The standard InChI is InChI=1S/C12H25N5S/c1-5-13-8-12-9-17(15-14-12)7-6-16(3)11(2)10-18-4/h9,11,13H,5-8,10H2,1-4H3. The van der Waals surface area contributed by atoms with E-state index >= 15 is 0 Å². The number of hydrogen-bond acceptors (Lipinski definition) is 5. The zero-order valence-corrected chi connectivity index (χ0v) is 12.7. The van der Waals surface area contributed by atoms with E-state index in [0.717, 1.165) is 31.9 Å². The lowest BCUT2D eigenvalue weighted by molar-refractivity contribution is 0.261. The molecule has 0 aromatic carbocycles. The normalized spacial score (nSPS) is 13.2. The van der Waals surface area contributed by atoms with Crippen LogP contribution in [0.25, 0.3) is 0 Å². The van der Waals surface area contributed by atoms with Crippen molar-refractivity contribution >= 4 is 11.8 Å². The number of nitrogens with zero attached hydrogens (tertiary/aromatic N) is 4. The average Bonchev–Trinajstić information content (AvgIpc) is 2.81. The molecule has 1 heterocycles. The molecule has 0 aliphatic rings. The molecule has 0 bridgehead atoms. The number of hydrogen-bond donors (Lipinski definition) is 1. The summed E-state index contributed by atoms with van der Waals surface area (Å²) in [5.74, 6) is 1.17. The van der Waals surface area contributed by atoms with Crippen LogP contribution in [0.2, 0.25) is 0 Å². The molecular weight excluding hydrogens is 246 g/mol. The van der Waals surface area contributed by atoms with Gasteiger partial charge < -0.3 is 10.2 Å². The van der Waals surface area contributed by atoms with E-state index in [1.165, 1.54) is 5.75 Å². The molecule has 1 aromatic heterocycles. The fourth-order valence-corrected chi connectivity index (χ4v) is 2.37. The lowest BCUT2D eigenvalue weighted by atomic mass is 10.3. The van der Waals surface area contributed by atoms with Gasteiger partial charge >= 0.3 is 0 Å². The van der Waals surface area contributed by atoms with E-state index in [1.807, 2.05) is 22.6 Å². The van der Waals surface area contributed by atoms with Crippen molar-refractivity contribution in [3.63, 3.8) is 0 Å². The smallest absolute Gasteiger partial charge is 0.0964 e. The molecular formula is C12H25N5S. The Morgan fingerprint density at radius 1 is 1.56 bits per heavy atom. The highest BCUT2D eigenvalue weighted by Crippen LogP contribution is 2.03. The summed E-state index contributed by atoms with van der Waals surface area (Å²) in [4.78, 5) is 2.36. The molecule has 6 heteroatoms. The summed E-state index contributed by atoms with van der Waals surface area (Å²) in [6.07, 6.45) is 4.17. The Kier molecular flexibility index (Phi) is 7.31. The third-order valence-corrected chi connectivity index (χ3v) is 3.80. The molecule has 0 aliphatic heterocycles. The number of nitrogens with one attached hydrogen (secondary N) is 1. The summed E-state index contributed by atoms with van der Waals surface area (Å²) in [7, 11) is 2.16. The summed E-state index contributed by atoms with van der Waals surface area (Å²) in [5.41, 5.74) is 1.01. The summed E-state index contributed by atoms with van der Waals surface area (Å²) < 4.78 is 1.93. The second-order valence-electron chi connectivity index (χ2n) is 4.54. The van der Waals surface area contributed by atoms with Gasteiger partial charge in [0.1, 0.15) is 0 Å². The summed E-state index contributed by atoms with van der Waals surface area (Å²) in [6.45, 7) is 8.01. The molecule has 0 fully saturated rings. The Morgan fingerprint density at radius 3 is 3.00 bits per heavy atom. The van der Waals surface area contributed by atoms with Crippen molar-refractivity contribution in [2.24, 2.45) is 0 Å². The molecule has 1 rings (SSSR count). The van der Waals surface area contributed by atoms with E-state index in [2.05, 4.69) is 47.7 Å². The molecule has 0 saturated carbocycles. The van der Waals surface area contributed by atoms with E-state index in [4.69, 9.17) is 0 Å². The Labute approximate surface area is 114 Å². The van der Waals surface area contributed by atoms with E-state index in [9.17, 15) is 0 Å². The van der Waals surface area contributed by atoms with Crippen molar-refractivity contribution in [2.45, 2.75) is 33.0 Å². The molecule has 1 N–H and O–H groups in total. The van der Waals surface area contributed by atoms with Gasteiger partial charge in [-0.1, -0.05) is 12.1 Å². The molecule has 18 heavy (non-hydrogen) atoms. The molecule has 1 atom stereocenters. The largest absolute Gasteiger partial charge is 0.311 e. The minimum atomic E-state index is 0.602. The Morgan fingerprint density at radius 2 is 2.33 bits per heavy atom. The van der Waals surface area contributed by atoms with Crippen molar-refractivity contribution < 1.29 is 0 Å². The van der Waals surface area contributed by atoms with Crippen LogP contribution in [0.3, 0.4) is 0 Å². The summed E-state index contributed by atoms with van der Waals surface area (Å²) >= 11 is 1.89. The zero-order chi connectivity index (χ0) is 13.4. The second kappa shape index (κ2) is 8.50. The molecule has 0 spiro atoms. The van der Waals surface area contributed by atoms with Crippen LogP contribution in [0.15, 0.2) is 6.20 Å². The molecule has 0 saturated heterocycles. The number of thioether (sulfide) groups is 1. The van der Waals surface area contributed by atoms with Gasteiger partial charge in [-0.3, -0.25) is 4.68 Å². The van der Waals surface area contributed by atoms with Gasteiger partial charge in [0.15, 0.2) is 0 Å². The molecule has 1 unspecified atom stereocenters. The summed E-state index contributed by atoms with van der Waals surface area (Å²) in [5, 5.41) is 11.5. The van der Waals surface area contributed by atoms with Gasteiger partial charge in [-0.25, -0.2) is 0 Å². The van der Waals surface area contributed by atoms with Gasteiger partial charge in [0, 0.05) is 31.1 Å². The van der Waals surface area contributed by atoms with Crippen molar-refractivity contribution in [2.75, 3.05) is 32.1 Å². The van der Waals surface area contributed by atoms with Crippen LogP contribution in [0.4, 0.5) is 0 Å². The van der Waals surface area contributed by atoms with Crippen molar-refractivity contribution in [1.82, 2.24) is 25.2 Å². The monoisotopic (exact) mass is 271 g/mol. The average molecular weight is 271 g/mol. The fraction of sp³-hybridized carbons (Fsp3) is 0.833. The zero-order valence-electron chi connectivity index (χ0n) is 11.9. The maximum atomic E-state index is 4.14. The third kappa shape index (κ3) is 5.37. The van der Waals surface area contributed by atoms with Gasteiger partial charge in [0.05, 0.1) is 12.2 Å². The number of likely N-dealkylation sites (N-methyl/N-ethyl adjacent to an activating group) is 1. The highest BCUT2D eigenvalue weighted by atomic mass is 32.2. The lowest BCUT2D eigenvalue weighted by Crippen LogP contribution is -2.33. The highest BCUT2D eigenvalue weighted by Gasteiger charge is 2.08.